The number of esters is 1. The Bertz CT molecular complexity index is 249. The van der Waals surface area contributed by atoms with E-state index in [-0.39, 0.29) is 24.5 Å². The molecule has 112 valence electrons. The third-order valence-corrected chi connectivity index (χ3v) is 2.94. The number of methoxy groups -OCH3 is 1. The summed E-state index contributed by atoms with van der Waals surface area (Å²) in [7, 11) is 1.62. The maximum absolute atomic E-state index is 11.9. The highest BCUT2D eigenvalue weighted by Crippen LogP contribution is 2.15. The summed E-state index contributed by atoms with van der Waals surface area (Å²) < 4.78 is 20.6. The van der Waals surface area contributed by atoms with Gasteiger partial charge in [0, 0.05) is 13.2 Å². The van der Waals surface area contributed by atoms with Crippen LogP contribution >= 0.6 is 0 Å². The summed E-state index contributed by atoms with van der Waals surface area (Å²) in [4.78, 5) is 11.9. The zero-order chi connectivity index (χ0) is 13.9. The molecule has 1 saturated heterocycles. The Labute approximate surface area is 114 Å². The second kappa shape index (κ2) is 10.1. The first-order valence-electron chi connectivity index (χ1n) is 6.84. The zero-order valence-corrected chi connectivity index (χ0v) is 11.9. The van der Waals surface area contributed by atoms with E-state index < -0.39 is 0 Å². The molecule has 1 heterocycles. The SMILES string of the molecule is CCCNC1COCC1C(=O)OCCOCCOC. The van der Waals surface area contributed by atoms with Crippen LogP contribution in [0.25, 0.3) is 0 Å². The van der Waals surface area contributed by atoms with Crippen molar-refractivity contribution in [1.82, 2.24) is 5.32 Å². The van der Waals surface area contributed by atoms with Crippen LogP contribution in [0, 0.1) is 5.92 Å². The van der Waals surface area contributed by atoms with E-state index in [0.717, 1.165) is 13.0 Å². The van der Waals surface area contributed by atoms with E-state index in [4.69, 9.17) is 18.9 Å². The molecule has 0 aromatic carbocycles. The quantitative estimate of drug-likeness (QED) is 0.454. The molecular formula is C13H25NO5. The standard InChI is InChI=1S/C13H25NO5/c1-3-4-14-12-10-18-9-11(12)13(15)19-8-7-17-6-5-16-2/h11-12,14H,3-10H2,1-2H3. The van der Waals surface area contributed by atoms with Crippen LogP contribution in [0.1, 0.15) is 13.3 Å². The molecule has 0 aromatic heterocycles. The topological polar surface area (TPSA) is 66.0 Å². The third kappa shape index (κ3) is 6.33. The summed E-state index contributed by atoms with van der Waals surface area (Å²) in [6.07, 6.45) is 1.03. The molecule has 1 aliphatic heterocycles. The van der Waals surface area contributed by atoms with E-state index in [1.165, 1.54) is 0 Å². The summed E-state index contributed by atoms with van der Waals surface area (Å²) in [6, 6.07) is 0.0712. The van der Waals surface area contributed by atoms with Crippen molar-refractivity contribution in [3.05, 3.63) is 0 Å². The fourth-order valence-electron chi connectivity index (χ4n) is 1.87. The first-order valence-corrected chi connectivity index (χ1v) is 6.84. The Morgan fingerprint density at radius 3 is 2.79 bits per heavy atom. The van der Waals surface area contributed by atoms with Crippen molar-refractivity contribution in [2.75, 3.05) is 53.3 Å². The van der Waals surface area contributed by atoms with Crippen molar-refractivity contribution < 1.29 is 23.7 Å². The molecule has 0 amide bonds. The summed E-state index contributed by atoms with van der Waals surface area (Å²) >= 11 is 0. The van der Waals surface area contributed by atoms with Gasteiger partial charge in [-0.3, -0.25) is 4.79 Å². The molecule has 6 nitrogen and oxygen atoms in total. The second-order valence-electron chi connectivity index (χ2n) is 4.48. The molecule has 0 radical (unpaired) electrons. The molecule has 0 saturated carbocycles. The van der Waals surface area contributed by atoms with Gasteiger partial charge in [0.1, 0.15) is 6.61 Å². The molecule has 0 aliphatic carbocycles. The van der Waals surface area contributed by atoms with Gasteiger partial charge in [-0.15, -0.1) is 0 Å². The first kappa shape index (κ1) is 16.4. The van der Waals surface area contributed by atoms with Crippen LogP contribution in [-0.2, 0) is 23.7 Å². The first-order chi connectivity index (χ1) is 9.29. The number of rotatable bonds is 10. The molecule has 0 aromatic rings. The fourth-order valence-corrected chi connectivity index (χ4v) is 1.87. The zero-order valence-electron chi connectivity index (χ0n) is 11.9. The van der Waals surface area contributed by atoms with Crippen molar-refractivity contribution >= 4 is 5.97 Å². The Kier molecular flexibility index (Phi) is 8.73. The van der Waals surface area contributed by atoms with E-state index in [1.54, 1.807) is 7.11 Å². The molecule has 6 heteroatoms. The lowest BCUT2D eigenvalue weighted by Gasteiger charge is -2.17. The number of ether oxygens (including phenoxy) is 4. The number of hydrogen-bond acceptors (Lipinski definition) is 6. The molecular weight excluding hydrogens is 250 g/mol. The van der Waals surface area contributed by atoms with Gasteiger partial charge in [-0.1, -0.05) is 6.92 Å². The second-order valence-corrected chi connectivity index (χ2v) is 4.48. The number of hydrogen-bond donors (Lipinski definition) is 1. The van der Waals surface area contributed by atoms with Crippen LogP contribution in [0.15, 0.2) is 0 Å². The van der Waals surface area contributed by atoms with Gasteiger partial charge in [0.05, 0.1) is 39.0 Å². The number of carbonyl (C=O) groups is 1. The van der Waals surface area contributed by atoms with Crippen LogP contribution in [0.4, 0.5) is 0 Å². The minimum atomic E-state index is -0.207. The van der Waals surface area contributed by atoms with E-state index in [1.807, 2.05) is 0 Å². The van der Waals surface area contributed by atoms with Gasteiger partial charge < -0.3 is 24.3 Å². The monoisotopic (exact) mass is 275 g/mol. The third-order valence-electron chi connectivity index (χ3n) is 2.94. The summed E-state index contributed by atoms with van der Waals surface area (Å²) in [5, 5.41) is 3.31. The molecule has 1 aliphatic rings. The largest absolute Gasteiger partial charge is 0.463 e. The molecule has 1 N–H and O–H groups in total. The molecule has 2 unspecified atom stereocenters. The van der Waals surface area contributed by atoms with E-state index in [9.17, 15) is 4.79 Å². The maximum Gasteiger partial charge on any atom is 0.313 e. The van der Waals surface area contributed by atoms with E-state index in [0.29, 0.717) is 33.0 Å². The van der Waals surface area contributed by atoms with Crippen molar-refractivity contribution in [2.24, 2.45) is 5.92 Å². The Morgan fingerprint density at radius 2 is 2.05 bits per heavy atom. The van der Waals surface area contributed by atoms with Crippen LogP contribution in [-0.4, -0.2) is 65.3 Å². The molecule has 0 bridgehead atoms. The average Bonchev–Trinajstić information content (AvgIpc) is 2.88. The van der Waals surface area contributed by atoms with Crippen LogP contribution in [0.3, 0.4) is 0 Å². The van der Waals surface area contributed by atoms with Crippen molar-refractivity contribution in [3.8, 4) is 0 Å². The highest BCUT2D eigenvalue weighted by molar-refractivity contribution is 5.73. The summed E-state index contributed by atoms with van der Waals surface area (Å²) in [5.74, 6) is -0.410. The van der Waals surface area contributed by atoms with Crippen LogP contribution < -0.4 is 5.32 Å². The van der Waals surface area contributed by atoms with Gasteiger partial charge in [-0.05, 0) is 13.0 Å². The fraction of sp³-hybridized carbons (Fsp3) is 0.923. The van der Waals surface area contributed by atoms with E-state index in [2.05, 4.69) is 12.2 Å². The van der Waals surface area contributed by atoms with Gasteiger partial charge in [-0.2, -0.15) is 0 Å². The molecule has 1 fully saturated rings. The summed E-state index contributed by atoms with van der Waals surface area (Å²) in [6.45, 7) is 5.73. The minimum Gasteiger partial charge on any atom is -0.463 e. The Hall–Kier alpha value is -0.690. The van der Waals surface area contributed by atoms with Crippen molar-refractivity contribution in [2.45, 2.75) is 19.4 Å². The number of carbonyl (C=O) groups excluding carboxylic acids is 1. The highest BCUT2D eigenvalue weighted by Gasteiger charge is 2.34. The normalized spacial score (nSPS) is 22.6. The van der Waals surface area contributed by atoms with Crippen molar-refractivity contribution in [3.63, 3.8) is 0 Å². The predicted molar refractivity (Wildman–Crippen MR) is 70.0 cm³/mol. The van der Waals surface area contributed by atoms with Crippen LogP contribution in [0.2, 0.25) is 0 Å². The van der Waals surface area contributed by atoms with Gasteiger partial charge in [0.25, 0.3) is 0 Å². The van der Waals surface area contributed by atoms with E-state index >= 15 is 0 Å². The molecule has 0 spiro atoms. The van der Waals surface area contributed by atoms with Gasteiger partial charge in [0.15, 0.2) is 0 Å². The molecule has 2 atom stereocenters. The molecule has 19 heavy (non-hydrogen) atoms. The molecule has 1 rings (SSSR count). The van der Waals surface area contributed by atoms with Gasteiger partial charge >= 0.3 is 5.97 Å². The smallest absolute Gasteiger partial charge is 0.313 e. The van der Waals surface area contributed by atoms with Gasteiger partial charge in [-0.25, -0.2) is 0 Å². The van der Waals surface area contributed by atoms with Gasteiger partial charge in [0.2, 0.25) is 0 Å². The minimum absolute atomic E-state index is 0.0712. The average molecular weight is 275 g/mol. The Morgan fingerprint density at radius 1 is 1.26 bits per heavy atom. The lowest BCUT2D eigenvalue weighted by Crippen LogP contribution is -2.40. The lowest BCUT2D eigenvalue weighted by molar-refractivity contribution is -0.150. The number of nitrogens with one attached hydrogen (secondary N) is 1. The van der Waals surface area contributed by atoms with Crippen molar-refractivity contribution in [1.29, 1.82) is 0 Å². The predicted octanol–water partition coefficient (Wildman–Crippen LogP) is 0.207. The van der Waals surface area contributed by atoms with Crippen LogP contribution in [0.5, 0.6) is 0 Å². The highest BCUT2D eigenvalue weighted by atomic mass is 16.6. The summed E-state index contributed by atoms with van der Waals surface area (Å²) in [5.41, 5.74) is 0. The Balaban J connectivity index is 2.13. The lowest BCUT2D eigenvalue weighted by atomic mass is 10.0. The maximum atomic E-state index is 11.9.